The van der Waals surface area contributed by atoms with E-state index in [0.29, 0.717) is 16.7 Å². The van der Waals surface area contributed by atoms with Crippen LogP contribution in [0.2, 0.25) is 0 Å². The maximum Gasteiger partial charge on any atom is 0.260 e. The van der Waals surface area contributed by atoms with Gasteiger partial charge in [0.05, 0.1) is 11.3 Å². The maximum absolute atomic E-state index is 12.2. The number of aryl methyl sites for hydroxylation is 2. The van der Waals surface area contributed by atoms with Crippen LogP contribution in [0, 0.1) is 6.92 Å². The zero-order chi connectivity index (χ0) is 17.6. The van der Waals surface area contributed by atoms with Crippen LogP contribution in [0.15, 0.2) is 52.1 Å². The first-order chi connectivity index (χ1) is 12.2. The van der Waals surface area contributed by atoms with Crippen LogP contribution >= 0.6 is 11.8 Å². The fourth-order valence-electron chi connectivity index (χ4n) is 2.28. The second-order valence-corrected chi connectivity index (χ2v) is 6.36. The molecular weight excluding hydrogens is 336 g/mol. The number of hydrogen-bond donors (Lipinski definition) is 1. The standard InChI is InChI=1S/C18H18N4O2S/c1-3-13-6-4-7-14(10-13)21-16(23)11-25-18-15(8-5-9-19-18)17-20-12(2)22-24-17/h4-10H,3,11H2,1-2H3,(H,21,23). The molecule has 0 aliphatic carbocycles. The second kappa shape index (κ2) is 7.94. The van der Waals surface area contributed by atoms with Gasteiger partial charge in [0.1, 0.15) is 5.03 Å². The molecule has 3 aromatic rings. The van der Waals surface area contributed by atoms with E-state index in [1.54, 1.807) is 19.2 Å². The summed E-state index contributed by atoms with van der Waals surface area (Å²) in [6.07, 6.45) is 2.61. The normalized spacial score (nSPS) is 10.6. The second-order valence-electron chi connectivity index (χ2n) is 5.39. The third-order valence-corrected chi connectivity index (χ3v) is 4.49. The highest BCUT2D eigenvalue weighted by Gasteiger charge is 2.14. The SMILES string of the molecule is CCc1cccc(NC(=O)CSc2ncccc2-c2nc(C)no2)c1. The van der Waals surface area contributed by atoms with E-state index in [2.05, 4.69) is 27.4 Å². The lowest BCUT2D eigenvalue weighted by Gasteiger charge is -2.07. The largest absolute Gasteiger partial charge is 0.334 e. The minimum absolute atomic E-state index is 0.0865. The number of hydrogen-bond acceptors (Lipinski definition) is 6. The van der Waals surface area contributed by atoms with Gasteiger partial charge in [-0.25, -0.2) is 4.98 Å². The molecule has 6 nitrogen and oxygen atoms in total. The van der Waals surface area contributed by atoms with E-state index in [-0.39, 0.29) is 11.7 Å². The summed E-state index contributed by atoms with van der Waals surface area (Å²) in [6, 6.07) is 11.5. The number of aromatic nitrogens is 3. The van der Waals surface area contributed by atoms with Gasteiger partial charge in [-0.1, -0.05) is 36.0 Å². The van der Waals surface area contributed by atoms with Crippen LogP contribution in [0.25, 0.3) is 11.5 Å². The molecule has 0 radical (unpaired) electrons. The van der Waals surface area contributed by atoms with E-state index in [4.69, 9.17) is 4.52 Å². The monoisotopic (exact) mass is 354 g/mol. The molecule has 1 N–H and O–H groups in total. The Labute approximate surface area is 150 Å². The van der Waals surface area contributed by atoms with Gasteiger partial charge in [-0.3, -0.25) is 4.79 Å². The molecule has 2 aromatic heterocycles. The molecule has 0 aliphatic rings. The molecule has 1 aromatic carbocycles. The first-order valence-corrected chi connectivity index (χ1v) is 8.91. The van der Waals surface area contributed by atoms with Crippen molar-refractivity contribution in [1.29, 1.82) is 0 Å². The smallest absolute Gasteiger partial charge is 0.260 e. The summed E-state index contributed by atoms with van der Waals surface area (Å²) in [7, 11) is 0. The van der Waals surface area contributed by atoms with Gasteiger partial charge < -0.3 is 9.84 Å². The Morgan fingerprint density at radius 3 is 2.92 bits per heavy atom. The summed E-state index contributed by atoms with van der Waals surface area (Å²) in [6.45, 7) is 3.84. The number of nitrogens with zero attached hydrogens (tertiary/aromatic N) is 3. The average molecular weight is 354 g/mol. The minimum atomic E-state index is -0.0865. The first kappa shape index (κ1) is 17.2. The predicted molar refractivity (Wildman–Crippen MR) is 97.4 cm³/mol. The fourth-order valence-corrected chi connectivity index (χ4v) is 3.06. The van der Waals surface area contributed by atoms with Crippen molar-refractivity contribution in [1.82, 2.24) is 15.1 Å². The van der Waals surface area contributed by atoms with Crippen molar-refractivity contribution in [2.24, 2.45) is 0 Å². The molecule has 3 rings (SSSR count). The molecule has 7 heteroatoms. The Balaban J connectivity index is 1.66. The number of pyridine rings is 1. The number of benzene rings is 1. The average Bonchev–Trinajstić information content (AvgIpc) is 3.06. The van der Waals surface area contributed by atoms with Crippen molar-refractivity contribution >= 4 is 23.4 Å². The lowest BCUT2D eigenvalue weighted by molar-refractivity contribution is -0.113. The zero-order valence-corrected chi connectivity index (χ0v) is 14.8. The predicted octanol–water partition coefficient (Wildman–Crippen LogP) is 3.73. The lowest BCUT2D eigenvalue weighted by Crippen LogP contribution is -2.14. The van der Waals surface area contributed by atoms with Crippen LogP contribution in [0.4, 0.5) is 5.69 Å². The summed E-state index contributed by atoms with van der Waals surface area (Å²) in [4.78, 5) is 20.8. The summed E-state index contributed by atoms with van der Waals surface area (Å²) >= 11 is 1.34. The fraction of sp³-hybridized carbons (Fsp3) is 0.222. The van der Waals surface area contributed by atoms with Crippen molar-refractivity contribution in [3.63, 3.8) is 0 Å². The van der Waals surface area contributed by atoms with Crippen LogP contribution in [-0.4, -0.2) is 26.8 Å². The van der Waals surface area contributed by atoms with Crippen molar-refractivity contribution in [2.45, 2.75) is 25.3 Å². The Kier molecular flexibility index (Phi) is 5.45. The number of carbonyl (C=O) groups excluding carboxylic acids is 1. The van der Waals surface area contributed by atoms with E-state index < -0.39 is 0 Å². The van der Waals surface area contributed by atoms with Gasteiger partial charge >= 0.3 is 0 Å². The van der Waals surface area contributed by atoms with Gasteiger partial charge in [-0.15, -0.1) is 0 Å². The molecule has 0 unspecified atom stereocenters. The van der Waals surface area contributed by atoms with Gasteiger partial charge in [0.2, 0.25) is 5.91 Å². The number of anilines is 1. The quantitative estimate of drug-likeness (QED) is 0.679. The molecule has 25 heavy (non-hydrogen) atoms. The number of thioether (sulfide) groups is 1. The Morgan fingerprint density at radius 1 is 1.28 bits per heavy atom. The summed E-state index contributed by atoms with van der Waals surface area (Å²) in [5, 5.41) is 7.39. The molecule has 2 heterocycles. The zero-order valence-electron chi connectivity index (χ0n) is 14.0. The van der Waals surface area contributed by atoms with Crippen molar-refractivity contribution in [2.75, 3.05) is 11.1 Å². The molecular formula is C18H18N4O2S. The van der Waals surface area contributed by atoms with E-state index in [1.807, 2.05) is 30.3 Å². The van der Waals surface area contributed by atoms with Gasteiger partial charge in [0, 0.05) is 11.9 Å². The van der Waals surface area contributed by atoms with Gasteiger partial charge in [0.15, 0.2) is 5.82 Å². The summed E-state index contributed by atoms with van der Waals surface area (Å²) in [5.74, 6) is 1.12. The minimum Gasteiger partial charge on any atom is -0.334 e. The molecule has 0 aliphatic heterocycles. The number of nitrogens with one attached hydrogen (secondary N) is 1. The molecule has 128 valence electrons. The lowest BCUT2D eigenvalue weighted by atomic mass is 10.1. The van der Waals surface area contributed by atoms with Crippen molar-refractivity contribution in [3.05, 3.63) is 54.0 Å². The number of rotatable bonds is 6. The molecule has 0 spiro atoms. The number of carbonyl (C=O) groups is 1. The Bertz CT molecular complexity index is 879. The van der Waals surface area contributed by atoms with Crippen LogP contribution in [-0.2, 0) is 11.2 Å². The molecule has 0 saturated carbocycles. The van der Waals surface area contributed by atoms with E-state index in [0.717, 1.165) is 17.7 Å². The number of amides is 1. The van der Waals surface area contributed by atoms with E-state index >= 15 is 0 Å². The first-order valence-electron chi connectivity index (χ1n) is 7.93. The highest BCUT2D eigenvalue weighted by molar-refractivity contribution is 8.00. The summed E-state index contributed by atoms with van der Waals surface area (Å²) < 4.78 is 5.20. The molecule has 1 amide bonds. The molecule has 0 atom stereocenters. The highest BCUT2D eigenvalue weighted by Crippen LogP contribution is 2.28. The third-order valence-electron chi connectivity index (χ3n) is 3.49. The van der Waals surface area contributed by atoms with Crippen LogP contribution in [0.3, 0.4) is 0 Å². The van der Waals surface area contributed by atoms with Crippen molar-refractivity contribution in [3.8, 4) is 11.5 Å². The van der Waals surface area contributed by atoms with Crippen LogP contribution in [0.1, 0.15) is 18.3 Å². The van der Waals surface area contributed by atoms with E-state index in [1.165, 1.54) is 17.3 Å². The highest BCUT2D eigenvalue weighted by atomic mass is 32.2. The van der Waals surface area contributed by atoms with Gasteiger partial charge in [-0.2, -0.15) is 4.98 Å². The molecule has 0 fully saturated rings. The topological polar surface area (TPSA) is 80.9 Å². The molecule has 0 bridgehead atoms. The van der Waals surface area contributed by atoms with Crippen molar-refractivity contribution < 1.29 is 9.32 Å². The van der Waals surface area contributed by atoms with Gasteiger partial charge in [-0.05, 0) is 43.2 Å². The molecule has 0 saturated heterocycles. The van der Waals surface area contributed by atoms with Crippen LogP contribution in [0.5, 0.6) is 0 Å². The van der Waals surface area contributed by atoms with Gasteiger partial charge in [0.25, 0.3) is 5.89 Å². The Hall–Kier alpha value is -2.67. The van der Waals surface area contributed by atoms with Crippen LogP contribution < -0.4 is 5.32 Å². The summed E-state index contributed by atoms with van der Waals surface area (Å²) in [5.41, 5.74) is 2.72. The van der Waals surface area contributed by atoms with E-state index in [9.17, 15) is 4.79 Å². The Morgan fingerprint density at radius 2 is 2.16 bits per heavy atom. The third kappa shape index (κ3) is 4.45. The maximum atomic E-state index is 12.2.